The minimum absolute atomic E-state index is 0.0361. The highest BCUT2D eigenvalue weighted by molar-refractivity contribution is 6.30. The topological polar surface area (TPSA) is 43.3 Å². The Morgan fingerprint density at radius 1 is 1.00 bits per heavy atom. The van der Waals surface area contributed by atoms with Crippen molar-refractivity contribution in [1.82, 2.24) is 5.01 Å². The summed E-state index contributed by atoms with van der Waals surface area (Å²) in [6.45, 7) is 0. The maximum absolute atomic E-state index is 6.45. The summed E-state index contributed by atoms with van der Waals surface area (Å²) >= 11 is 6.28. The van der Waals surface area contributed by atoms with E-state index in [4.69, 9.17) is 30.9 Å². The van der Waals surface area contributed by atoms with Gasteiger partial charge in [-0.1, -0.05) is 48.0 Å². The van der Waals surface area contributed by atoms with Crippen LogP contribution in [0.15, 0.2) is 71.8 Å². The maximum Gasteiger partial charge on any atom is 0.214 e. The predicted molar refractivity (Wildman–Crippen MR) is 117 cm³/mol. The van der Waals surface area contributed by atoms with Crippen molar-refractivity contribution < 1.29 is 14.2 Å². The number of benzene rings is 3. The fourth-order valence-electron chi connectivity index (χ4n) is 4.10. The molecule has 5 rings (SSSR count). The summed E-state index contributed by atoms with van der Waals surface area (Å²) < 4.78 is 17.4. The van der Waals surface area contributed by atoms with Gasteiger partial charge in [0.05, 0.1) is 26.0 Å². The van der Waals surface area contributed by atoms with Crippen LogP contribution < -0.4 is 14.2 Å². The van der Waals surface area contributed by atoms with Gasteiger partial charge in [-0.3, -0.25) is 0 Å². The zero-order chi connectivity index (χ0) is 20.7. The van der Waals surface area contributed by atoms with Crippen molar-refractivity contribution >= 4 is 17.3 Å². The molecule has 0 amide bonds. The van der Waals surface area contributed by atoms with Gasteiger partial charge < -0.3 is 14.2 Å². The number of para-hydroxylation sites is 1. The van der Waals surface area contributed by atoms with Gasteiger partial charge in [-0.25, -0.2) is 5.01 Å². The number of fused-ring (bicyclic) bond motifs is 3. The number of hydrazone groups is 1. The Hall–Kier alpha value is -3.18. The molecule has 3 aromatic carbocycles. The summed E-state index contributed by atoms with van der Waals surface area (Å²) in [5.41, 5.74) is 4.04. The molecule has 0 fully saturated rings. The molecule has 3 aromatic rings. The lowest BCUT2D eigenvalue weighted by Gasteiger charge is -2.38. The monoisotopic (exact) mass is 420 g/mol. The van der Waals surface area contributed by atoms with Crippen LogP contribution in [-0.2, 0) is 0 Å². The molecule has 0 saturated heterocycles. The second kappa shape index (κ2) is 7.58. The van der Waals surface area contributed by atoms with Crippen LogP contribution in [0.2, 0.25) is 5.02 Å². The van der Waals surface area contributed by atoms with Crippen molar-refractivity contribution in [1.29, 1.82) is 0 Å². The van der Waals surface area contributed by atoms with Crippen molar-refractivity contribution in [2.45, 2.75) is 18.7 Å². The van der Waals surface area contributed by atoms with Gasteiger partial charge in [-0.2, -0.15) is 5.10 Å². The number of hydrogen-bond donors (Lipinski definition) is 0. The number of hydrogen-bond acceptors (Lipinski definition) is 5. The standard InChI is InChI=1S/C24H21ClN2O3/c1-28-18-9-4-6-15(13-18)20-14-21-19-10-5-11-22(29-2)23(19)30-24(27(21)26-20)16-7-3-8-17(25)12-16/h3-13,21,24H,14H2,1-2H3/t21-,24+/m0/s1. The molecule has 0 saturated carbocycles. The van der Waals surface area contributed by atoms with Gasteiger partial charge in [-0.05, 0) is 30.3 Å². The van der Waals surface area contributed by atoms with E-state index in [0.29, 0.717) is 10.8 Å². The molecule has 6 heteroatoms. The fraction of sp³-hybridized carbons (Fsp3) is 0.208. The van der Waals surface area contributed by atoms with Gasteiger partial charge in [0.25, 0.3) is 0 Å². The third-order valence-corrected chi connectivity index (χ3v) is 5.77. The smallest absolute Gasteiger partial charge is 0.214 e. The Balaban J connectivity index is 1.62. The molecule has 0 aliphatic carbocycles. The Morgan fingerprint density at radius 2 is 1.83 bits per heavy atom. The molecule has 0 spiro atoms. The van der Waals surface area contributed by atoms with Gasteiger partial charge in [0.1, 0.15) is 5.75 Å². The third-order valence-electron chi connectivity index (χ3n) is 5.54. The zero-order valence-electron chi connectivity index (χ0n) is 16.7. The Kier molecular flexibility index (Phi) is 4.75. The SMILES string of the molecule is COc1cccc(C2=NN3[C@@H](c4cccc(Cl)c4)Oc4c(OC)cccc4[C@@H]3C2)c1. The number of nitrogens with zero attached hydrogens (tertiary/aromatic N) is 2. The van der Waals surface area contributed by atoms with Crippen LogP contribution in [0.3, 0.4) is 0 Å². The first-order valence-corrected chi connectivity index (χ1v) is 10.1. The maximum atomic E-state index is 6.45. The van der Waals surface area contributed by atoms with Crippen LogP contribution in [0.1, 0.15) is 35.4 Å². The van der Waals surface area contributed by atoms with Gasteiger partial charge in [0.15, 0.2) is 11.5 Å². The summed E-state index contributed by atoms with van der Waals surface area (Å²) in [5, 5.41) is 7.67. The molecule has 30 heavy (non-hydrogen) atoms. The van der Waals surface area contributed by atoms with E-state index in [-0.39, 0.29) is 6.04 Å². The Labute approximate surface area is 180 Å². The van der Waals surface area contributed by atoms with Crippen molar-refractivity contribution in [2.24, 2.45) is 5.10 Å². The van der Waals surface area contributed by atoms with E-state index in [1.807, 2.05) is 59.6 Å². The summed E-state index contributed by atoms with van der Waals surface area (Å²) in [6, 6.07) is 21.7. The number of methoxy groups -OCH3 is 2. The molecule has 0 aromatic heterocycles. The van der Waals surface area contributed by atoms with Gasteiger partial charge in [-0.15, -0.1) is 0 Å². The minimum atomic E-state index is -0.402. The Bertz CT molecular complexity index is 1130. The lowest BCUT2D eigenvalue weighted by atomic mass is 9.95. The zero-order valence-corrected chi connectivity index (χ0v) is 17.5. The molecule has 0 N–H and O–H groups in total. The third kappa shape index (κ3) is 3.15. The predicted octanol–water partition coefficient (Wildman–Crippen LogP) is 5.60. The number of rotatable bonds is 4. The van der Waals surface area contributed by atoms with Crippen LogP contribution in [0, 0.1) is 0 Å². The van der Waals surface area contributed by atoms with Gasteiger partial charge in [0, 0.05) is 28.1 Å². The average Bonchev–Trinajstić information content (AvgIpc) is 3.24. The molecule has 0 bridgehead atoms. The van der Waals surface area contributed by atoms with Crippen LogP contribution in [0.5, 0.6) is 17.2 Å². The molecule has 5 nitrogen and oxygen atoms in total. The molecule has 2 heterocycles. The van der Waals surface area contributed by atoms with Gasteiger partial charge >= 0.3 is 0 Å². The number of ether oxygens (including phenoxy) is 3. The molecule has 152 valence electrons. The normalized spacial score (nSPS) is 19.4. The molecule has 2 aliphatic rings. The van der Waals surface area contributed by atoms with Gasteiger partial charge in [0.2, 0.25) is 6.23 Å². The molecule has 0 radical (unpaired) electrons. The molecule has 0 unspecified atom stereocenters. The highest BCUT2D eigenvalue weighted by atomic mass is 35.5. The lowest BCUT2D eigenvalue weighted by Crippen LogP contribution is -2.33. The Morgan fingerprint density at radius 3 is 2.63 bits per heavy atom. The molecule has 2 aliphatic heterocycles. The van der Waals surface area contributed by atoms with E-state index >= 15 is 0 Å². The van der Waals surface area contributed by atoms with Crippen molar-refractivity contribution in [3.8, 4) is 17.2 Å². The lowest BCUT2D eigenvalue weighted by molar-refractivity contribution is -0.0208. The van der Waals surface area contributed by atoms with E-state index < -0.39 is 6.23 Å². The van der Waals surface area contributed by atoms with Crippen LogP contribution >= 0.6 is 11.6 Å². The van der Waals surface area contributed by atoms with E-state index in [2.05, 4.69) is 12.1 Å². The first kappa shape index (κ1) is 18.8. The van der Waals surface area contributed by atoms with E-state index in [1.165, 1.54) is 0 Å². The molecular weight excluding hydrogens is 400 g/mol. The summed E-state index contributed by atoms with van der Waals surface area (Å²) in [4.78, 5) is 0. The highest BCUT2D eigenvalue weighted by Crippen LogP contribution is 2.50. The minimum Gasteiger partial charge on any atom is -0.497 e. The summed E-state index contributed by atoms with van der Waals surface area (Å²) in [6.07, 6.45) is 0.355. The van der Waals surface area contributed by atoms with E-state index in [9.17, 15) is 0 Å². The number of halogens is 1. The van der Waals surface area contributed by atoms with Crippen molar-refractivity contribution in [3.63, 3.8) is 0 Å². The van der Waals surface area contributed by atoms with Crippen molar-refractivity contribution in [3.05, 3.63) is 88.4 Å². The van der Waals surface area contributed by atoms with Crippen LogP contribution in [-0.4, -0.2) is 24.9 Å². The quantitative estimate of drug-likeness (QED) is 0.551. The molecular formula is C24H21ClN2O3. The molecule has 2 atom stereocenters. The van der Waals surface area contributed by atoms with Crippen LogP contribution in [0.25, 0.3) is 0 Å². The summed E-state index contributed by atoms with van der Waals surface area (Å²) in [5.74, 6) is 2.28. The first-order valence-electron chi connectivity index (χ1n) is 9.77. The highest BCUT2D eigenvalue weighted by Gasteiger charge is 2.42. The van der Waals surface area contributed by atoms with E-state index in [0.717, 1.165) is 40.3 Å². The summed E-state index contributed by atoms with van der Waals surface area (Å²) in [7, 11) is 3.33. The largest absolute Gasteiger partial charge is 0.497 e. The van der Waals surface area contributed by atoms with Crippen molar-refractivity contribution in [2.75, 3.05) is 14.2 Å². The average molecular weight is 421 g/mol. The van der Waals surface area contributed by atoms with Crippen LogP contribution in [0.4, 0.5) is 0 Å². The van der Waals surface area contributed by atoms with E-state index in [1.54, 1.807) is 14.2 Å². The first-order chi connectivity index (χ1) is 14.7. The second-order valence-electron chi connectivity index (χ2n) is 7.28. The second-order valence-corrected chi connectivity index (χ2v) is 7.72. The fourth-order valence-corrected chi connectivity index (χ4v) is 4.30.